The molecule has 0 amide bonds. The molecule has 20 heavy (non-hydrogen) atoms. The standard InChI is InChI=1S/C16H16O4/c17-13-7-4-8-14(15(13)16-18-9-10-19-16)20-11-12-5-2-1-3-6-12/h1-8,16-17H,9-11H2. The van der Waals surface area contributed by atoms with Gasteiger partial charge >= 0.3 is 0 Å². The molecule has 4 nitrogen and oxygen atoms in total. The number of hydrogen-bond donors (Lipinski definition) is 1. The molecule has 2 aromatic carbocycles. The van der Waals surface area contributed by atoms with E-state index in [4.69, 9.17) is 14.2 Å². The van der Waals surface area contributed by atoms with E-state index in [1.165, 1.54) is 0 Å². The molecule has 0 aliphatic carbocycles. The third-order valence-electron chi connectivity index (χ3n) is 3.14. The molecule has 0 atom stereocenters. The van der Waals surface area contributed by atoms with E-state index in [1.54, 1.807) is 12.1 Å². The first-order valence-corrected chi connectivity index (χ1v) is 6.56. The number of rotatable bonds is 4. The average Bonchev–Trinajstić information content (AvgIpc) is 3.00. The van der Waals surface area contributed by atoms with Gasteiger partial charge in [0.15, 0.2) is 6.29 Å². The number of hydrogen-bond acceptors (Lipinski definition) is 4. The quantitative estimate of drug-likeness (QED) is 0.929. The number of aromatic hydroxyl groups is 1. The Labute approximate surface area is 117 Å². The van der Waals surface area contributed by atoms with Crippen molar-refractivity contribution in [3.05, 3.63) is 59.7 Å². The van der Waals surface area contributed by atoms with E-state index in [0.717, 1.165) is 5.56 Å². The van der Waals surface area contributed by atoms with Gasteiger partial charge in [-0.1, -0.05) is 36.4 Å². The van der Waals surface area contributed by atoms with Crippen molar-refractivity contribution in [1.29, 1.82) is 0 Å². The van der Waals surface area contributed by atoms with E-state index in [1.807, 2.05) is 36.4 Å². The Bertz CT molecular complexity index is 562. The van der Waals surface area contributed by atoms with Crippen molar-refractivity contribution in [3.8, 4) is 11.5 Å². The molecule has 3 rings (SSSR count). The van der Waals surface area contributed by atoms with E-state index in [9.17, 15) is 5.11 Å². The third-order valence-corrected chi connectivity index (χ3v) is 3.14. The molecule has 1 fully saturated rings. The molecule has 0 saturated carbocycles. The predicted octanol–water partition coefficient (Wildman–Crippen LogP) is 3.02. The summed E-state index contributed by atoms with van der Waals surface area (Å²) >= 11 is 0. The molecule has 0 spiro atoms. The highest BCUT2D eigenvalue weighted by Gasteiger charge is 2.25. The summed E-state index contributed by atoms with van der Waals surface area (Å²) in [6, 6.07) is 15.0. The Morgan fingerprint density at radius 1 is 1.00 bits per heavy atom. The summed E-state index contributed by atoms with van der Waals surface area (Å²) < 4.78 is 16.7. The lowest BCUT2D eigenvalue weighted by molar-refractivity contribution is -0.0472. The highest BCUT2D eigenvalue weighted by molar-refractivity contribution is 5.45. The maximum atomic E-state index is 10.0. The molecule has 0 aromatic heterocycles. The lowest BCUT2D eigenvalue weighted by atomic mass is 10.1. The van der Waals surface area contributed by atoms with Gasteiger partial charge in [0.2, 0.25) is 0 Å². The molecule has 0 bridgehead atoms. The van der Waals surface area contributed by atoms with E-state index >= 15 is 0 Å². The van der Waals surface area contributed by atoms with Crippen LogP contribution in [0.25, 0.3) is 0 Å². The second-order valence-corrected chi connectivity index (χ2v) is 4.54. The Balaban J connectivity index is 1.80. The van der Waals surface area contributed by atoms with Crippen LogP contribution in [0.2, 0.25) is 0 Å². The van der Waals surface area contributed by atoms with Crippen molar-refractivity contribution in [2.24, 2.45) is 0 Å². The highest BCUT2D eigenvalue weighted by Crippen LogP contribution is 2.37. The van der Waals surface area contributed by atoms with Gasteiger partial charge in [-0.3, -0.25) is 0 Å². The molecule has 0 radical (unpaired) electrons. The molecule has 104 valence electrons. The number of benzene rings is 2. The Kier molecular flexibility index (Phi) is 3.85. The minimum atomic E-state index is -0.554. The zero-order chi connectivity index (χ0) is 13.8. The minimum absolute atomic E-state index is 0.127. The second kappa shape index (κ2) is 5.94. The van der Waals surface area contributed by atoms with Crippen LogP contribution >= 0.6 is 0 Å². The molecule has 1 aliphatic heterocycles. The lowest BCUT2D eigenvalue weighted by Gasteiger charge is -2.16. The first-order chi connectivity index (χ1) is 9.84. The normalized spacial score (nSPS) is 15.4. The Hall–Kier alpha value is -2.04. The van der Waals surface area contributed by atoms with Crippen LogP contribution < -0.4 is 4.74 Å². The van der Waals surface area contributed by atoms with Gasteiger partial charge in [-0.2, -0.15) is 0 Å². The molecule has 1 N–H and O–H groups in total. The van der Waals surface area contributed by atoms with E-state index in [2.05, 4.69) is 0 Å². The Morgan fingerprint density at radius 2 is 1.75 bits per heavy atom. The molecule has 2 aromatic rings. The number of phenolic OH excluding ortho intramolecular Hbond substituents is 1. The maximum Gasteiger partial charge on any atom is 0.191 e. The monoisotopic (exact) mass is 272 g/mol. The van der Waals surface area contributed by atoms with Gasteiger partial charge in [-0.05, 0) is 17.7 Å². The van der Waals surface area contributed by atoms with Crippen molar-refractivity contribution in [1.82, 2.24) is 0 Å². The van der Waals surface area contributed by atoms with E-state index < -0.39 is 6.29 Å². The summed E-state index contributed by atoms with van der Waals surface area (Å²) in [6.45, 7) is 1.48. The molecule has 1 saturated heterocycles. The fourth-order valence-electron chi connectivity index (χ4n) is 2.16. The number of ether oxygens (including phenoxy) is 3. The van der Waals surface area contributed by atoms with Gasteiger partial charge in [0.25, 0.3) is 0 Å². The fraction of sp³-hybridized carbons (Fsp3) is 0.250. The second-order valence-electron chi connectivity index (χ2n) is 4.54. The molecule has 4 heteroatoms. The topological polar surface area (TPSA) is 47.9 Å². The number of phenols is 1. The summed E-state index contributed by atoms with van der Waals surface area (Å²) in [5.41, 5.74) is 1.62. The van der Waals surface area contributed by atoms with Crippen LogP contribution in [0.4, 0.5) is 0 Å². The Morgan fingerprint density at radius 3 is 2.50 bits per heavy atom. The van der Waals surface area contributed by atoms with Crippen LogP contribution in [-0.2, 0) is 16.1 Å². The van der Waals surface area contributed by atoms with Crippen molar-refractivity contribution >= 4 is 0 Å². The van der Waals surface area contributed by atoms with Crippen molar-refractivity contribution < 1.29 is 19.3 Å². The van der Waals surface area contributed by atoms with Crippen molar-refractivity contribution in [3.63, 3.8) is 0 Å². The summed E-state index contributed by atoms with van der Waals surface area (Å²) in [7, 11) is 0. The van der Waals surface area contributed by atoms with E-state index in [0.29, 0.717) is 31.1 Å². The molecule has 1 heterocycles. The van der Waals surface area contributed by atoms with Crippen molar-refractivity contribution in [2.45, 2.75) is 12.9 Å². The minimum Gasteiger partial charge on any atom is -0.507 e. The average molecular weight is 272 g/mol. The molecular formula is C16H16O4. The first kappa shape index (κ1) is 13.0. The van der Waals surface area contributed by atoms with Gasteiger partial charge in [-0.15, -0.1) is 0 Å². The van der Waals surface area contributed by atoms with Gasteiger partial charge in [0, 0.05) is 0 Å². The van der Waals surface area contributed by atoms with E-state index in [-0.39, 0.29) is 5.75 Å². The molecule has 1 aliphatic rings. The first-order valence-electron chi connectivity index (χ1n) is 6.56. The van der Waals surface area contributed by atoms with Crippen LogP contribution in [0.5, 0.6) is 11.5 Å². The van der Waals surface area contributed by atoms with Crippen molar-refractivity contribution in [2.75, 3.05) is 13.2 Å². The summed E-state index contributed by atoms with van der Waals surface area (Å²) in [6.07, 6.45) is -0.554. The highest BCUT2D eigenvalue weighted by atomic mass is 16.7. The van der Waals surface area contributed by atoms with Crippen LogP contribution in [0.15, 0.2) is 48.5 Å². The smallest absolute Gasteiger partial charge is 0.191 e. The largest absolute Gasteiger partial charge is 0.507 e. The maximum absolute atomic E-state index is 10.0. The van der Waals surface area contributed by atoms with Crippen LogP contribution in [0.3, 0.4) is 0 Å². The fourth-order valence-corrected chi connectivity index (χ4v) is 2.16. The predicted molar refractivity (Wildman–Crippen MR) is 73.5 cm³/mol. The van der Waals surface area contributed by atoms with Crippen LogP contribution in [0.1, 0.15) is 17.4 Å². The zero-order valence-electron chi connectivity index (χ0n) is 11.0. The molecular weight excluding hydrogens is 256 g/mol. The zero-order valence-corrected chi connectivity index (χ0v) is 11.0. The summed E-state index contributed by atoms with van der Waals surface area (Å²) in [5, 5.41) is 10.0. The van der Waals surface area contributed by atoms with Gasteiger partial charge in [0.1, 0.15) is 18.1 Å². The van der Waals surface area contributed by atoms with Gasteiger partial charge in [0.05, 0.1) is 18.8 Å². The lowest BCUT2D eigenvalue weighted by Crippen LogP contribution is -2.04. The van der Waals surface area contributed by atoms with Gasteiger partial charge in [-0.25, -0.2) is 0 Å². The third kappa shape index (κ3) is 2.76. The van der Waals surface area contributed by atoms with Gasteiger partial charge < -0.3 is 19.3 Å². The van der Waals surface area contributed by atoms with Crippen LogP contribution in [0, 0.1) is 0 Å². The SMILES string of the molecule is Oc1cccc(OCc2ccccc2)c1C1OCCO1. The summed E-state index contributed by atoms with van der Waals surface area (Å²) in [5.74, 6) is 0.711. The van der Waals surface area contributed by atoms with Crippen LogP contribution in [-0.4, -0.2) is 18.3 Å². The molecule has 0 unspecified atom stereocenters. The summed E-state index contributed by atoms with van der Waals surface area (Å²) in [4.78, 5) is 0.